The van der Waals surface area contributed by atoms with Gasteiger partial charge in [0, 0.05) is 31.7 Å². The van der Waals surface area contributed by atoms with Gasteiger partial charge in [-0.3, -0.25) is 16.2 Å². The van der Waals surface area contributed by atoms with Crippen LogP contribution in [0.1, 0.15) is 23.1 Å². The van der Waals surface area contributed by atoms with Crippen molar-refractivity contribution in [3.8, 4) is 0 Å². The summed E-state index contributed by atoms with van der Waals surface area (Å²) < 4.78 is 0. The third-order valence-electron chi connectivity index (χ3n) is 5.20. The number of likely N-dealkylation sites (N-methyl/N-ethyl adjacent to an activating group) is 2. The van der Waals surface area contributed by atoms with Crippen molar-refractivity contribution in [3.05, 3.63) is 34.9 Å². The molecule has 2 unspecified atom stereocenters. The molecule has 0 amide bonds. The van der Waals surface area contributed by atoms with E-state index < -0.39 is 0 Å². The van der Waals surface area contributed by atoms with Gasteiger partial charge in [-0.1, -0.05) is 18.2 Å². The number of nitrogens with one attached hydrogen (secondary N) is 1. The number of rotatable bonds is 4. The zero-order chi connectivity index (χ0) is 14.8. The van der Waals surface area contributed by atoms with E-state index in [4.69, 9.17) is 5.84 Å². The van der Waals surface area contributed by atoms with Crippen molar-refractivity contribution in [1.29, 1.82) is 0 Å². The van der Waals surface area contributed by atoms with Crippen molar-refractivity contribution >= 4 is 0 Å². The highest BCUT2D eigenvalue weighted by Crippen LogP contribution is 2.24. The Hall–Kier alpha value is -0.940. The van der Waals surface area contributed by atoms with E-state index in [9.17, 15) is 0 Å². The quantitative estimate of drug-likeness (QED) is 0.635. The van der Waals surface area contributed by atoms with Gasteiger partial charge in [0.1, 0.15) is 0 Å². The second kappa shape index (κ2) is 6.44. The standard InChI is InChI=1S/C17H28N4/c1-20-8-9-21(2)17(12-20)16(19-18)11-13-6-7-14-4-3-5-15(14)10-13/h6-7,10,16-17,19H,3-5,8-9,11-12,18H2,1-2H3. The molecular formula is C17H28N4. The molecule has 1 fully saturated rings. The highest BCUT2D eigenvalue weighted by Gasteiger charge is 2.29. The summed E-state index contributed by atoms with van der Waals surface area (Å²) in [5.41, 5.74) is 7.59. The summed E-state index contributed by atoms with van der Waals surface area (Å²) in [6.07, 6.45) is 4.82. The van der Waals surface area contributed by atoms with Gasteiger partial charge in [0.25, 0.3) is 0 Å². The van der Waals surface area contributed by atoms with Gasteiger partial charge in [0.15, 0.2) is 0 Å². The fourth-order valence-corrected chi connectivity index (χ4v) is 3.79. The molecule has 0 spiro atoms. The van der Waals surface area contributed by atoms with E-state index in [-0.39, 0.29) is 0 Å². The molecular weight excluding hydrogens is 260 g/mol. The van der Waals surface area contributed by atoms with E-state index in [0.717, 1.165) is 26.1 Å². The van der Waals surface area contributed by atoms with Crippen LogP contribution in [-0.2, 0) is 19.3 Å². The lowest BCUT2D eigenvalue weighted by atomic mass is 9.95. The Morgan fingerprint density at radius 1 is 1.24 bits per heavy atom. The first-order valence-corrected chi connectivity index (χ1v) is 8.13. The molecule has 3 N–H and O–H groups in total. The van der Waals surface area contributed by atoms with Gasteiger partial charge in [-0.05, 0) is 56.5 Å². The Bertz CT molecular complexity index is 488. The van der Waals surface area contributed by atoms with E-state index in [1.165, 1.54) is 24.8 Å². The van der Waals surface area contributed by atoms with Crippen molar-refractivity contribution in [3.63, 3.8) is 0 Å². The normalized spacial score (nSPS) is 25.0. The molecule has 1 aliphatic carbocycles. The maximum Gasteiger partial charge on any atom is 0.0418 e. The van der Waals surface area contributed by atoms with Crippen molar-refractivity contribution in [1.82, 2.24) is 15.2 Å². The lowest BCUT2D eigenvalue weighted by molar-refractivity contribution is 0.0877. The van der Waals surface area contributed by atoms with Crippen LogP contribution < -0.4 is 11.3 Å². The third kappa shape index (κ3) is 3.29. The minimum absolute atomic E-state index is 0.303. The Morgan fingerprint density at radius 2 is 2.05 bits per heavy atom. The van der Waals surface area contributed by atoms with Gasteiger partial charge in [0.2, 0.25) is 0 Å². The molecule has 1 aliphatic heterocycles. The molecule has 116 valence electrons. The number of aryl methyl sites for hydroxylation is 2. The summed E-state index contributed by atoms with van der Waals surface area (Å²) >= 11 is 0. The number of benzene rings is 1. The lowest BCUT2D eigenvalue weighted by Gasteiger charge is -2.41. The number of piperazine rings is 1. The van der Waals surface area contributed by atoms with Crippen molar-refractivity contribution in [2.45, 2.75) is 37.8 Å². The van der Waals surface area contributed by atoms with Gasteiger partial charge in [-0.15, -0.1) is 0 Å². The number of fused-ring (bicyclic) bond motifs is 1. The van der Waals surface area contributed by atoms with Gasteiger partial charge < -0.3 is 4.90 Å². The van der Waals surface area contributed by atoms with Crippen molar-refractivity contribution in [2.24, 2.45) is 5.84 Å². The Labute approximate surface area is 128 Å². The molecule has 0 aromatic heterocycles. The maximum atomic E-state index is 5.88. The van der Waals surface area contributed by atoms with E-state index in [0.29, 0.717) is 12.1 Å². The van der Waals surface area contributed by atoms with E-state index in [1.54, 1.807) is 11.1 Å². The fraction of sp³-hybridized carbons (Fsp3) is 0.647. The van der Waals surface area contributed by atoms with Gasteiger partial charge in [0.05, 0.1) is 0 Å². The zero-order valence-corrected chi connectivity index (χ0v) is 13.3. The topological polar surface area (TPSA) is 44.5 Å². The molecule has 4 heteroatoms. The fourth-order valence-electron chi connectivity index (χ4n) is 3.79. The summed E-state index contributed by atoms with van der Waals surface area (Å²) in [6, 6.07) is 7.79. The van der Waals surface area contributed by atoms with Crippen molar-refractivity contribution < 1.29 is 0 Å². The summed E-state index contributed by atoms with van der Waals surface area (Å²) in [7, 11) is 4.41. The third-order valence-corrected chi connectivity index (χ3v) is 5.20. The van der Waals surface area contributed by atoms with Crippen LogP contribution in [0.3, 0.4) is 0 Å². The number of hydrogen-bond donors (Lipinski definition) is 2. The van der Waals surface area contributed by atoms with Gasteiger partial charge >= 0.3 is 0 Å². The average Bonchev–Trinajstić information content (AvgIpc) is 2.95. The molecule has 2 aliphatic rings. The van der Waals surface area contributed by atoms with Crippen LogP contribution in [0, 0.1) is 0 Å². The molecule has 0 saturated carbocycles. The average molecular weight is 288 g/mol. The van der Waals surface area contributed by atoms with Crippen molar-refractivity contribution in [2.75, 3.05) is 33.7 Å². The Balaban J connectivity index is 1.71. The summed E-state index contributed by atoms with van der Waals surface area (Å²) in [5, 5.41) is 0. The number of hydrogen-bond acceptors (Lipinski definition) is 4. The molecule has 3 rings (SSSR count). The highest BCUT2D eigenvalue weighted by atomic mass is 15.3. The summed E-state index contributed by atoms with van der Waals surface area (Å²) in [5.74, 6) is 5.88. The molecule has 1 aromatic rings. The summed E-state index contributed by atoms with van der Waals surface area (Å²) in [4.78, 5) is 4.84. The molecule has 0 bridgehead atoms. The van der Waals surface area contributed by atoms with Crippen LogP contribution >= 0.6 is 0 Å². The van der Waals surface area contributed by atoms with E-state index >= 15 is 0 Å². The molecule has 0 radical (unpaired) electrons. The predicted octanol–water partition coefficient (Wildman–Crippen LogP) is 0.796. The number of hydrazine groups is 1. The van der Waals surface area contributed by atoms with Crippen LogP contribution in [0.15, 0.2) is 18.2 Å². The largest absolute Gasteiger partial charge is 0.303 e. The molecule has 4 nitrogen and oxygen atoms in total. The first-order chi connectivity index (χ1) is 10.2. The molecule has 21 heavy (non-hydrogen) atoms. The summed E-state index contributed by atoms with van der Waals surface area (Å²) in [6.45, 7) is 3.34. The Morgan fingerprint density at radius 3 is 2.86 bits per heavy atom. The second-order valence-electron chi connectivity index (χ2n) is 6.74. The number of nitrogens with two attached hydrogens (primary N) is 1. The van der Waals surface area contributed by atoms with Gasteiger partial charge in [-0.25, -0.2) is 0 Å². The minimum atomic E-state index is 0.303. The second-order valence-corrected chi connectivity index (χ2v) is 6.74. The van der Waals surface area contributed by atoms with E-state index in [1.807, 2.05) is 0 Å². The molecule has 1 saturated heterocycles. The first-order valence-electron chi connectivity index (χ1n) is 8.13. The first kappa shape index (κ1) is 15.0. The molecule has 1 aromatic carbocycles. The van der Waals surface area contributed by atoms with Crippen LogP contribution in [-0.4, -0.2) is 55.6 Å². The van der Waals surface area contributed by atoms with Crippen LogP contribution in [0.5, 0.6) is 0 Å². The van der Waals surface area contributed by atoms with Crippen LogP contribution in [0.2, 0.25) is 0 Å². The van der Waals surface area contributed by atoms with Crippen LogP contribution in [0.25, 0.3) is 0 Å². The van der Waals surface area contributed by atoms with Gasteiger partial charge in [-0.2, -0.15) is 0 Å². The molecule has 1 heterocycles. The SMILES string of the molecule is CN1CCN(C)C(C(Cc2ccc3c(c2)CCC3)NN)C1. The molecule has 2 atom stereocenters. The minimum Gasteiger partial charge on any atom is -0.303 e. The van der Waals surface area contributed by atoms with E-state index in [2.05, 4.69) is 47.5 Å². The van der Waals surface area contributed by atoms with Crippen LogP contribution in [0.4, 0.5) is 0 Å². The predicted molar refractivity (Wildman–Crippen MR) is 87.2 cm³/mol. The maximum absolute atomic E-state index is 5.88. The highest BCUT2D eigenvalue weighted by molar-refractivity contribution is 5.35. The lowest BCUT2D eigenvalue weighted by Crippen LogP contribution is -2.60. The Kier molecular flexibility index (Phi) is 4.60. The zero-order valence-electron chi connectivity index (χ0n) is 13.3. The monoisotopic (exact) mass is 288 g/mol. The smallest absolute Gasteiger partial charge is 0.0418 e. The number of nitrogens with zero attached hydrogens (tertiary/aromatic N) is 2.